The molecule has 1 heterocycles. The van der Waals surface area contributed by atoms with Crippen molar-refractivity contribution < 1.29 is 0 Å². The molecule has 1 aromatic carbocycles. The van der Waals surface area contributed by atoms with Crippen LogP contribution in [-0.2, 0) is 6.42 Å². The van der Waals surface area contributed by atoms with E-state index in [0.29, 0.717) is 5.92 Å². The van der Waals surface area contributed by atoms with Gasteiger partial charge in [-0.3, -0.25) is 0 Å². The average molecular weight is 410 g/mol. The van der Waals surface area contributed by atoms with Gasteiger partial charge >= 0.3 is 0 Å². The molecule has 0 aromatic heterocycles. The van der Waals surface area contributed by atoms with E-state index in [1.807, 2.05) is 12.4 Å². The molecule has 0 saturated carbocycles. The fraction of sp³-hybridized carbons (Fsp3) is 0.679. The van der Waals surface area contributed by atoms with Crippen molar-refractivity contribution in [3.8, 4) is 0 Å². The zero-order chi connectivity index (χ0) is 21.1. The minimum absolute atomic E-state index is 0.512. The zero-order valence-electron chi connectivity index (χ0n) is 19.5. The Labute approximate surface area is 186 Å². The highest BCUT2D eigenvalue weighted by Crippen LogP contribution is 2.29. The van der Waals surface area contributed by atoms with E-state index in [1.165, 1.54) is 102 Å². The van der Waals surface area contributed by atoms with Gasteiger partial charge in [0.1, 0.15) is 0 Å². The molecule has 2 nitrogen and oxygen atoms in total. The summed E-state index contributed by atoms with van der Waals surface area (Å²) in [6, 6.07) is 10.8. The Balaban J connectivity index is 1.46. The second kappa shape index (κ2) is 17.1. The van der Waals surface area contributed by atoms with Crippen LogP contribution in [0.5, 0.6) is 0 Å². The molecule has 1 atom stereocenters. The highest BCUT2D eigenvalue weighted by Gasteiger charge is 2.28. The first kappa shape index (κ1) is 24.7. The van der Waals surface area contributed by atoms with Crippen LogP contribution in [0.4, 0.5) is 0 Å². The number of nitrogens with zero attached hydrogens (tertiary/aromatic N) is 2. The van der Waals surface area contributed by atoms with Crippen LogP contribution in [0.15, 0.2) is 40.3 Å². The first-order valence-corrected chi connectivity index (χ1v) is 12.9. The Hall–Kier alpha value is -1.57. The summed E-state index contributed by atoms with van der Waals surface area (Å²) < 4.78 is 0. The molecule has 0 radical (unpaired) electrons. The Morgan fingerprint density at radius 1 is 0.633 bits per heavy atom. The van der Waals surface area contributed by atoms with Crippen molar-refractivity contribution >= 4 is 12.4 Å². The summed E-state index contributed by atoms with van der Waals surface area (Å²) in [5.41, 5.74) is 1.43. The minimum atomic E-state index is 0.512. The van der Waals surface area contributed by atoms with Crippen molar-refractivity contribution in [2.75, 3.05) is 0 Å². The maximum Gasteiger partial charge on any atom is 0.243 e. The van der Waals surface area contributed by atoms with E-state index in [9.17, 15) is 0 Å². The van der Waals surface area contributed by atoms with Crippen molar-refractivity contribution in [1.29, 1.82) is 0 Å². The van der Waals surface area contributed by atoms with Crippen molar-refractivity contribution in [1.82, 2.24) is 0 Å². The van der Waals surface area contributed by atoms with Gasteiger partial charge < -0.3 is 0 Å². The van der Waals surface area contributed by atoms with Crippen LogP contribution in [-0.4, -0.2) is 12.4 Å². The molecule has 0 aliphatic carbocycles. The van der Waals surface area contributed by atoms with Crippen LogP contribution in [0.2, 0.25) is 0 Å². The molecule has 1 aliphatic rings. The molecule has 1 aliphatic heterocycles. The lowest BCUT2D eigenvalue weighted by Crippen LogP contribution is -2.09. The second-order valence-electron chi connectivity index (χ2n) is 9.02. The average Bonchev–Trinajstić information content (AvgIpc) is 3.31. The van der Waals surface area contributed by atoms with E-state index >= 15 is 0 Å². The number of aryl methyl sites for hydroxylation is 1. The number of hydrogen-bond acceptors (Lipinski definition) is 2. The Morgan fingerprint density at radius 2 is 1.13 bits per heavy atom. The Kier molecular flexibility index (Phi) is 14.1. The molecule has 1 aromatic rings. The summed E-state index contributed by atoms with van der Waals surface area (Å²) in [7, 11) is 0. The SMILES string of the molecule is CCCCCCCCCCCCCCCCC(CCc1ccccc1)[C+]1N=CC=N1. The summed E-state index contributed by atoms with van der Waals surface area (Å²) >= 11 is 0. The third kappa shape index (κ3) is 11.6. The van der Waals surface area contributed by atoms with E-state index in [2.05, 4.69) is 47.2 Å². The number of unbranched alkanes of at least 4 members (excludes halogenated alkanes) is 13. The van der Waals surface area contributed by atoms with Gasteiger partial charge in [0.05, 0.1) is 5.92 Å². The third-order valence-electron chi connectivity index (χ3n) is 6.38. The lowest BCUT2D eigenvalue weighted by atomic mass is 9.91. The summed E-state index contributed by atoms with van der Waals surface area (Å²) in [4.78, 5) is 9.00. The highest BCUT2D eigenvalue weighted by molar-refractivity contribution is 6.18. The summed E-state index contributed by atoms with van der Waals surface area (Å²) in [6.07, 6.45) is 28.1. The topological polar surface area (TPSA) is 24.7 Å². The third-order valence-corrected chi connectivity index (χ3v) is 6.38. The molecular formula is C28H45N2+. The van der Waals surface area contributed by atoms with Gasteiger partial charge in [0, 0.05) is 0 Å². The van der Waals surface area contributed by atoms with E-state index < -0.39 is 0 Å². The Bertz CT molecular complexity index is 551. The molecule has 0 spiro atoms. The second-order valence-corrected chi connectivity index (χ2v) is 9.02. The molecule has 30 heavy (non-hydrogen) atoms. The lowest BCUT2D eigenvalue weighted by molar-refractivity contribution is 0.430. The van der Waals surface area contributed by atoms with Crippen LogP contribution in [0.25, 0.3) is 0 Å². The van der Waals surface area contributed by atoms with Gasteiger partial charge in [-0.1, -0.05) is 137 Å². The molecular weight excluding hydrogens is 364 g/mol. The van der Waals surface area contributed by atoms with Crippen molar-refractivity contribution in [3.05, 3.63) is 42.1 Å². The lowest BCUT2D eigenvalue weighted by Gasteiger charge is -2.14. The van der Waals surface area contributed by atoms with Crippen LogP contribution >= 0.6 is 0 Å². The molecule has 0 N–H and O–H groups in total. The van der Waals surface area contributed by atoms with Crippen LogP contribution in [0.3, 0.4) is 0 Å². The molecule has 2 heteroatoms. The number of aliphatic imine (C=N–C) groups is 2. The van der Waals surface area contributed by atoms with Crippen molar-refractivity contribution in [2.24, 2.45) is 15.9 Å². The van der Waals surface area contributed by atoms with Crippen LogP contribution < -0.4 is 0 Å². The van der Waals surface area contributed by atoms with Gasteiger partial charge in [-0.15, -0.1) is 0 Å². The fourth-order valence-electron chi connectivity index (χ4n) is 4.44. The van der Waals surface area contributed by atoms with Gasteiger partial charge in [-0.25, -0.2) is 0 Å². The van der Waals surface area contributed by atoms with E-state index in [1.54, 1.807) is 0 Å². The molecule has 1 unspecified atom stereocenters. The van der Waals surface area contributed by atoms with Gasteiger partial charge in [0.25, 0.3) is 0 Å². The standard InChI is InChI=1S/C28H45N2/c1-2-3-4-5-6-7-8-9-10-11-12-13-14-18-21-27(28-29-24-25-30-28)23-22-26-19-16-15-17-20-26/h15-17,19-20,24-25,27H,2-14,18,21-23H2,1H3/q+1. The van der Waals surface area contributed by atoms with Gasteiger partial charge in [-0.2, -0.15) is 0 Å². The van der Waals surface area contributed by atoms with Gasteiger partial charge in [0.2, 0.25) is 6.17 Å². The fourth-order valence-corrected chi connectivity index (χ4v) is 4.44. The Morgan fingerprint density at radius 3 is 1.67 bits per heavy atom. The molecule has 0 saturated heterocycles. The molecule has 0 bridgehead atoms. The maximum atomic E-state index is 4.50. The first-order valence-electron chi connectivity index (χ1n) is 12.9. The largest absolute Gasteiger partial charge is 0.243 e. The van der Waals surface area contributed by atoms with Gasteiger partial charge in [-0.05, 0) is 24.8 Å². The number of rotatable bonds is 19. The summed E-state index contributed by atoms with van der Waals surface area (Å²) in [6.45, 7) is 2.29. The van der Waals surface area contributed by atoms with Crippen molar-refractivity contribution in [3.63, 3.8) is 0 Å². The smallest absolute Gasteiger partial charge is 0.0965 e. The quantitative estimate of drug-likeness (QED) is 0.161. The predicted octanol–water partition coefficient (Wildman–Crippen LogP) is 8.75. The van der Waals surface area contributed by atoms with E-state index in [4.69, 9.17) is 0 Å². The summed E-state index contributed by atoms with van der Waals surface area (Å²) in [5.74, 6) is 0.512. The molecule has 0 fully saturated rings. The van der Waals surface area contributed by atoms with Gasteiger partial charge in [0.15, 0.2) is 12.4 Å². The molecule has 0 amide bonds. The van der Waals surface area contributed by atoms with E-state index in [-0.39, 0.29) is 0 Å². The molecule has 2 rings (SSSR count). The van der Waals surface area contributed by atoms with Crippen LogP contribution in [0.1, 0.15) is 115 Å². The number of benzene rings is 1. The zero-order valence-corrected chi connectivity index (χ0v) is 19.5. The maximum absolute atomic E-state index is 4.50. The normalized spacial score (nSPS) is 14.0. The monoisotopic (exact) mass is 409 g/mol. The van der Waals surface area contributed by atoms with E-state index in [0.717, 1.165) is 19.0 Å². The predicted molar refractivity (Wildman–Crippen MR) is 133 cm³/mol. The number of hydrogen-bond donors (Lipinski definition) is 0. The highest BCUT2D eigenvalue weighted by atomic mass is 15.0. The first-order chi connectivity index (χ1) is 14.9. The minimum Gasteiger partial charge on any atom is -0.0965 e. The molecule has 166 valence electrons. The summed E-state index contributed by atoms with van der Waals surface area (Å²) in [5, 5.41) is 0. The van der Waals surface area contributed by atoms with Crippen LogP contribution in [0, 0.1) is 12.1 Å². The van der Waals surface area contributed by atoms with Crippen molar-refractivity contribution in [2.45, 2.75) is 116 Å².